The van der Waals surface area contributed by atoms with Gasteiger partial charge in [-0.05, 0) is 42.0 Å². The lowest BCUT2D eigenvalue weighted by Crippen LogP contribution is -2.13. The van der Waals surface area contributed by atoms with Crippen LogP contribution in [-0.2, 0) is 6.42 Å². The van der Waals surface area contributed by atoms with E-state index in [1.165, 1.54) is 0 Å². The third kappa shape index (κ3) is 3.53. The zero-order valence-electron chi connectivity index (χ0n) is 15.7. The number of nitrogens with zero attached hydrogens (tertiary/aromatic N) is 4. The normalized spacial score (nSPS) is 10.9. The smallest absolute Gasteiger partial charge is 0.255 e. The standard InChI is InChI=1S/C22H16N6O2/c29-22(16-5-6-18-19(11-16)25-13-24-18)26-17-4-2-1-3-15(17)12-20-27-21(28-30-20)14-7-9-23-10-8-14/h1-11,13H,12H2,(H,24,25)(H,26,29). The largest absolute Gasteiger partial charge is 0.345 e. The summed E-state index contributed by atoms with van der Waals surface area (Å²) in [5.74, 6) is 0.756. The average Bonchev–Trinajstić information content (AvgIpc) is 3.44. The van der Waals surface area contributed by atoms with Gasteiger partial charge in [0.05, 0.1) is 23.8 Å². The molecule has 0 atom stereocenters. The van der Waals surface area contributed by atoms with Crippen molar-refractivity contribution < 1.29 is 9.32 Å². The van der Waals surface area contributed by atoms with Gasteiger partial charge in [-0.2, -0.15) is 4.98 Å². The Kier molecular flexibility index (Phi) is 4.49. The number of hydrogen-bond donors (Lipinski definition) is 2. The molecule has 146 valence electrons. The van der Waals surface area contributed by atoms with Crippen LogP contribution in [0.15, 0.2) is 77.8 Å². The summed E-state index contributed by atoms with van der Waals surface area (Å²) < 4.78 is 5.40. The van der Waals surface area contributed by atoms with Crippen LogP contribution in [0.1, 0.15) is 21.8 Å². The fourth-order valence-electron chi connectivity index (χ4n) is 3.18. The van der Waals surface area contributed by atoms with Crippen molar-refractivity contribution in [3.63, 3.8) is 0 Å². The molecule has 0 radical (unpaired) electrons. The van der Waals surface area contributed by atoms with E-state index in [-0.39, 0.29) is 5.91 Å². The van der Waals surface area contributed by atoms with Crippen molar-refractivity contribution in [2.45, 2.75) is 6.42 Å². The van der Waals surface area contributed by atoms with E-state index in [0.717, 1.165) is 22.2 Å². The number of H-pyrrole nitrogens is 1. The van der Waals surface area contributed by atoms with Crippen LogP contribution in [0.4, 0.5) is 5.69 Å². The second kappa shape index (κ2) is 7.59. The number of fused-ring (bicyclic) bond motifs is 1. The van der Waals surface area contributed by atoms with E-state index in [1.54, 1.807) is 30.9 Å². The molecule has 1 amide bonds. The minimum atomic E-state index is -0.207. The molecule has 0 fully saturated rings. The molecule has 0 saturated heterocycles. The highest BCUT2D eigenvalue weighted by atomic mass is 16.5. The molecule has 0 bridgehead atoms. The number of carbonyl (C=O) groups excluding carboxylic acids is 1. The van der Waals surface area contributed by atoms with Crippen molar-refractivity contribution >= 4 is 22.6 Å². The lowest BCUT2D eigenvalue weighted by molar-refractivity contribution is 0.102. The molecule has 0 spiro atoms. The van der Waals surface area contributed by atoms with Crippen molar-refractivity contribution in [2.24, 2.45) is 0 Å². The van der Waals surface area contributed by atoms with Crippen LogP contribution < -0.4 is 5.32 Å². The fourth-order valence-corrected chi connectivity index (χ4v) is 3.18. The summed E-state index contributed by atoms with van der Waals surface area (Å²) >= 11 is 0. The van der Waals surface area contributed by atoms with Crippen LogP contribution in [0.5, 0.6) is 0 Å². The number of aromatic nitrogens is 5. The van der Waals surface area contributed by atoms with Gasteiger partial charge in [-0.15, -0.1) is 0 Å². The number of nitrogens with one attached hydrogen (secondary N) is 2. The predicted molar refractivity (Wildman–Crippen MR) is 111 cm³/mol. The van der Waals surface area contributed by atoms with E-state index in [9.17, 15) is 4.79 Å². The Hall–Kier alpha value is -4.33. The summed E-state index contributed by atoms with van der Waals surface area (Å²) in [6.45, 7) is 0. The number of aromatic amines is 1. The van der Waals surface area contributed by atoms with Gasteiger partial charge in [-0.25, -0.2) is 4.98 Å². The Morgan fingerprint density at radius 3 is 2.83 bits per heavy atom. The Bertz CT molecular complexity index is 1330. The Labute approximate surface area is 171 Å². The van der Waals surface area contributed by atoms with Crippen LogP contribution >= 0.6 is 0 Å². The summed E-state index contributed by atoms with van der Waals surface area (Å²) in [7, 11) is 0. The SMILES string of the molecule is O=C(Nc1ccccc1Cc1nc(-c2ccncc2)no1)c1ccc2nc[nH]c2c1. The van der Waals surface area contributed by atoms with E-state index in [0.29, 0.717) is 29.4 Å². The molecule has 0 saturated carbocycles. The third-order valence-corrected chi connectivity index (χ3v) is 4.70. The molecular weight excluding hydrogens is 380 g/mol. The van der Waals surface area contributed by atoms with Gasteiger partial charge in [0, 0.05) is 29.2 Å². The average molecular weight is 396 g/mol. The monoisotopic (exact) mass is 396 g/mol. The minimum absolute atomic E-state index is 0.207. The Balaban J connectivity index is 1.36. The number of para-hydroxylation sites is 1. The van der Waals surface area contributed by atoms with E-state index >= 15 is 0 Å². The number of imidazole rings is 1. The molecule has 0 unspecified atom stereocenters. The number of benzene rings is 2. The number of amides is 1. The highest BCUT2D eigenvalue weighted by molar-refractivity contribution is 6.06. The minimum Gasteiger partial charge on any atom is -0.345 e. The van der Waals surface area contributed by atoms with Gasteiger partial charge in [0.25, 0.3) is 5.91 Å². The molecular formula is C22H16N6O2. The van der Waals surface area contributed by atoms with E-state index in [2.05, 4.69) is 30.4 Å². The highest BCUT2D eigenvalue weighted by Crippen LogP contribution is 2.22. The summed E-state index contributed by atoms with van der Waals surface area (Å²) in [5.41, 5.74) is 4.56. The molecule has 3 aromatic heterocycles. The quantitative estimate of drug-likeness (QED) is 0.467. The van der Waals surface area contributed by atoms with Crippen molar-refractivity contribution in [1.82, 2.24) is 25.1 Å². The molecule has 8 nitrogen and oxygen atoms in total. The maximum atomic E-state index is 12.8. The van der Waals surface area contributed by atoms with Crippen LogP contribution in [0.3, 0.4) is 0 Å². The van der Waals surface area contributed by atoms with Gasteiger partial charge < -0.3 is 14.8 Å². The van der Waals surface area contributed by atoms with Crippen molar-refractivity contribution in [3.8, 4) is 11.4 Å². The third-order valence-electron chi connectivity index (χ3n) is 4.70. The molecule has 0 aliphatic heterocycles. The summed E-state index contributed by atoms with van der Waals surface area (Å²) in [6.07, 6.45) is 5.36. The molecule has 30 heavy (non-hydrogen) atoms. The summed E-state index contributed by atoms with van der Waals surface area (Å²) in [4.78, 5) is 28.4. The maximum absolute atomic E-state index is 12.8. The number of hydrogen-bond acceptors (Lipinski definition) is 6. The van der Waals surface area contributed by atoms with Crippen molar-refractivity contribution in [1.29, 1.82) is 0 Å². The predicted octanol–water partition coefficient (Wildman–Crippen LogP) is 3.85. The zero-order chi connectivity index (χ0) is 20.3. The molecule has 2 N–H and O–H groups in total. The van der Waals surface area contributed by atoms with Crippen LogP contribution in [-0.4, -0.2) is 31.0 Å². The Morgan fingerprint density at radius 1 is 1.07 bits per heavy atom. The number of carbonyl (C=O) groups is 1. The van der Waals surface area contributed by atoms with Gasteiger partial charge in [-0.1, -0.05) is 23.4 Å². The lowest BCUT2D eigenvalue weighted by atomic mass is 10.1. The highest BCUT2D eigenvalue weighted by Gasteiger charge is 2.14. The molecule has 3 heterocycles. The van der Waals surface area contributed by atoms with Crippen LogP contribution in [0.25, 0.3) is 22.4 Å². The first kappa shape index (κ1) is 17.7. The molecule has 2 aromatic carbocycles. The summed E-state index contributed by atoms with van der Waals surface area (Å²) in [5, 5.41) is 7.01. The number of pyridine rings is 1. The summed E-state index contributed by atoms with van der Waals surface area (Å²) in [6, 6.07) is 16.5. The van der Waals surface area contributed by atoms with Gasteiger partial charge >= 0.3 is 0 Å². The van der Waals surface area contributed by atoms with E-state index in [1.807, 2.05) is 42.5 Å². The zero-order valence-corrected chi connectivity index (χ0v) is 15.7. The molecule has 8 heteroatoms. The van der Waals surface area contributed by atoms with Crippen LogP contribution in [0, 0.1) is 0 Å². The molecule has 5 aromatic rings. The fraction of sp³-hybridized carbons (Fsp3) is 0.0455. The maximum Gasteiger partial charge on any atom is 0.255 e. The molecule has 5 rings (SSSR count). The molecule has 0 aliphatic rings. The first-order valence-electron chi connectivity index (χ1n) is 9.32. The van der Waals surface area contributed by atoms with Crippen LogP contribution in [0.2, 0.25) is 0 Å². The number of anilines is 1. The Morgan fingerprint density at radius 2 is 1.93 bits per heavy atom. The topological polar surface area (TPSA) is 110 Å². The van der Waals surface area contributed by atoms with E-state index in [4.69, 9.17) is 4.52 Å². The molecule has 0 aliphatic carbocycles. The second-order valence-corrected chi connectivity index (χ2v) is 6.67. The van der Waals surface area contributed by atoms with Gasteiger partial charge in [0.1, 0.15) is 0 Å². The van der Waals surface area contributed by atoms with Gasteiger partial charge in [0.2, 0.25) is 11.7 Å². The van der Waals surface area contributed by atoms with Gasteiger partial charge in [0.15, 0.2) is 0 Å². The van der Waals surface area contributed by atoms with Crippen molar-refractivity contribution in [3.05, 3.63) is 90.3 Å². The second-order valence-electron chi connectivity index (χ2n) is 6.67. The first-order chi connectivity index (χ1) is 14.8. The van der Waals surface area contributed by atoms with Crippen molar-refractivity contribution in [2.75, 3.05) is 5.32 Å². The van der Waals surface area contributed by atoms with Gasteiger partial charge in [-0.3, -0.25) is 9.78 Å². The van der Waals surface area contributed by atoms with E-state index < -0.39 is 0 Å². The first-order valence-corrected chi connectivity index (χ1v) is 9.32. The lowest BCUT2D eigenvalue weighted by Gasteiger charge is -2.10. The number of rotatable bonds is 5.